The summed E-state index contributed by atoms with van der Waals surface area (Å²) < 4.78 is 44.5. The molecular formula is C25H26N2O5S. The standard InChI is InChI=1S/C25H26N2O5S/c1-17-5-12-21(13-6-17)33(28,29)27-23(19-9-14-24(31-3)25(15-19)32-4)16-22(26-27)18-7-10-20(30-2)11-8-18/h5-15,23H,16H2,1-4H3. The molecule has 0 aliphatic carbocycles. The van der Waals surface area contributed by atoms with Crippen LogP contribution in [-0.2, 0) is 10.0 Å². The molecule has 4 rings (SSSR count). The van der Waals surface area contributed by atoms with Crippen molar-refractivity contribution in [3.8, 4) is 17.2 Å². The van der Waals surface area contributed by atoms with E-state index in [-0.39, 0.29) is 4.90 Å². The highest BCUT2D eigenvalue weighted by atomic mass is 32.2. The normalized spacial score (nSPS) is 15.8. The van der Waals surface area contributed by atoms with Crippen LogP contribution in [0, 0.1) is 6.92 Å². The summed E-state index contributed by atoms with van der Waals surface area (Å²) in [5.41, 5.74) is 3.25. The van der Waals surface area contributed by atoms with E-state index in [4.69, 9.17) is 14.2 Å². The molecule has 3 aromatic carbocycles. The van der Waals surface area contributed by atoms with Gasteiger partial charge in [-0.15, -0.1) is 0 Å². The highest BCUT2D eigenvalue weighted by Crippen LogP contribution is 2.40. The van der Waals surface area contributed by atoms with Crippen molar-refractivity contribution < 1.29 is 22.6 Å². The second kappa shape index (κ2) is 9.15. The molecular weight excluding hydrogens is 440 g/mol. The Kier molecular flexibility index (Phi) is 6.29. The molecule has 0 saturated heterocycles. The van der Waals surface area contributed by atoms with Gasteiger partial charge >= 0.3 is 0 Å². The Morgan fingerprint density at radius 2 is 1.52 bits per heavy atom. The zero-order valence-electron chi connectivity index (χ0n) is 19.0. The molecule has 1 unspecified atom stereocenters. The van der Waals surface area contributed by atoms with E-state index < -0.39 is 16.1 Å². The molecule has 0 aromatic heterocycles. The average Bonchev–Trinajstić information content (AvgIpc) is 3.30. The summed E-state index contributed by atoms with van der Waals surface area (Å²) in [6.07, 6.45) is 0.410. The summed E-state index contributed by atoms with van der Waals surface area (Å²) >= 11 is 0. The van der Waals surface area contributed by atoms with Crippen LogP contribution in [0.4, 0.5) is 0 Å². The molecule has 8 heteroatoms. The van der Waals surface area contributed by atoms with Crippen molar-refractivity contribution in [3.63, 3.8) is 0 Å². The van der Waals surface area contributed by atoms with Crippen molar-refractivity contribution in [1.82, 2.24) is 4.41 Å². The number of aryl methyl sites for hydroxylation is 1. The van der Waals surface area contributed by atoms with Gasteiger partial charge in [0.25, 0.3) is 10.0 Å². The van der Waals surface area contributed by atoms with Crippen molar-refractivity contribution in [2.24, 2.45) is 5.10 Å². The minimum Gasteiger partial charge on any atom is -0.497 e. The Labute approximate surface area is 194 Å². The van der Waals surface area contributed by atoms with Gasteiger partial charge in [0.1, 0.15) is 5.75 Å². The lowest BCUT2D eigenvalue weighted by molar-refractivity contribution is 0.348. The Morgan fingerprint density at radius 3 is 2.12 bits per heavy atom. The van der Waals surface area contributed by atoms with E-state index >= 15 is 0 Å². The van der Waals surface area contributed by atoms with Crippen molar-refractivity contribution in [2.75, 3.05) is 21.3 Å². The fraction of sp³-hybridized carbons (Fsp3) is 0.240. The van der Waals surface area contributed by atoms with Crippen molar-refractivity contribution in [2.45, 2.75) is 24.3 Å². The molecule has 0 fully saturated rings. The minimum absolute atomic E-state index is 0.193. The van der Waals surface area contributed by atoms with Crippen LogP contribution in [0.25, 0.3) is 0 Å². The summed E-state index contributed by atoms with van der Waals surface area (Å²) in [7, 11) is 0.823. The first-order valence-corrected chi connectivity index (χ1v) is 11.9. The number of hydrogen-bond acceptors (Lipinski definition) is 6. The molecule has 1 atom stereocenters. The first-order chi connectivity index (χ1) is 15.9. The molecule has 3 aromatic rings. The van der Waals surface area contributed by atoms with Crippen LogP contribution in [0.15, 0.2) is 76.7 Å². The Hall–Kier alpha value is -3.52. The molecule has 1 heterocycles. The third-order valence-electron chi connectivity index (χ3n) is 5.65. The fourth-order valence-corrected chi connectivity index (χ4v) is 5.23. The lowest BCUT2D eigenvalue weighted by atomic mass is 9.99. The van der Waals surface area contributed by atoms with Crippen molar-refractivity contribution in [3.05, 3.63) is 83.4 Å². The number of nitrogens with zero attached hydrogens (tertiary/aromatic N) is 2. The summed E-state index contributed by atoms with van der Waals surface area (Å²) in [6, 6.07) is 19.1. The van der Waals surface area contributed by atoms with Crippen LogP contribution >= 0.6 is 0 Å². The van der Waals surface area contributed by atoms with Crippen LogP contribution in [0.2, 0.25) is 0 Å². The van der Waals surface area contributed by atoms with E-state index in [0.29, 0.717) is 23.6 Å². The van der Waals surface area contributed by atoms with Gasteiger partial charge in [0, 0.05) is 6.42 Å². The number of hydrazone groups is 1. The molecule has 7 nitrogen and oxygen atoms in total. The molecule has 0 spiro atoms. The lowest BCUT2D eigenvalue weighted by Crippen LogP contribution is -2.27. The van der Waals surface area contributed by atoms with E-state index in [1.165, 1.54) is 4.41 Å². The van der Waals surface area contributed by atoms with Crippen LogP contribution in [0.1, 0.15) is 29.2 Å². The topological polar surface area (TPSA) is 77.4 Å². The van der Waals surface area contributed by atoms with Crippen molar-refractivity contribution in [1.29, 1.82) is 0 Å². The predicted octanol–water partition coefficient (Wildman–Crippen LogP) is 4.56. The largest absolute Gasteiger partial charge is 0.497 e. The third-order valence-corrected chi connectivity index (χ3v) is 7.35. The number of benzene rings is 3. The SMILES string of the molecule is COc1ccc(C2=NN(S(=O)(=O)c3ccc(C)cc3)C(c3ccc(OC)c(OC)c3)C2)cc1. The molecule has 0 saturated carbocycles. The van der Waals surface area contributed by atoms with Gasteiger partial charge in [-0.25, -0.2) is 0 Å². The summed E-state index contributed by atoms with van der Waals surface area (Å²) in [4.78, 5) is 0.193. The van der Waals surface area contributed by atoms with Gasteiger partial charge in [0.15, 0.2) is 11.5 Å². The van der Waals surface area contributed by atoms with E-state index in [1.807, 2.05) is 37.3 Å². The van der Waals surface area contributed by atoms with Gasteiger partial charge in [-0.05, 0) is 66.6 Å². The van der Waals surface area contributed by atoms with Gasteiger partial charge < -0.3 is 14.2 Å². The van der Waals surface area contributed by atoms with Crippen LogP contribution in [0.3, 0.4) is 0 Å². The first-order valence-electron chi connectivity index (χ1n) is 10.4. The number of methoxy groups -OCH3 is 3. The fourth-order valence-electron chi connectivity index (χ4n) is 3.79. The summed E-state index contributed by atoms with van der Waals surface area (Å²) in [5, 5.41) is 4.59. The van der Waals surface area contributed by atoms with Crippen LogP contribution < -0.4 is 14.2 Å². The molecule has 33 heavy (non-hydrogen) atoms. The predicted molar refractivity (Wildman–Crippen MR) is 127 cm³/mol. The summed E-state index contributed by atoms with van der Waals surface area (Å²) in [6.45, 7) is 1.92. The number of sulfonamides is 1. The van der Waals surface area contributed by atoms with E-state index in [1.54, 1.807) is 57.7 Å². The maximum Gasteiger partial charge on any atom is 0.279 e. The zero-order chi connectivity index (χ0) is 23.6. The smallest absolute Gasteiger partial charge is 0.279 e. The van der Waals surface area contributed by atoms with Gasteiger partial charge in [0.05, 0.1) is 38.0 Å². The molecule has 1 aliphatic rings. The average molecular weight is 467 g/mol. The monoisotopic (exact) mass is 466 g/mol. The molecule has 1 aliphatic heterocycles. The second-order valence-electron chi connectivity index (χ2n) is 7.70. The quantitative estimate of drug-likeness (QED) is 0.510. The van der Waals surface area contributed by atoms with Crippen molar-refractivity contribution >= 4 is 15.7 Å². The Bertz CT molecular complexity index is 1270. The minimum atomic E-state index is -3.89. The first kappa shape index (κ1) is 22.7. The molecule has 0 bridgehead atoms. The Morgan fingerprint density at radius 1 is 0.848 bits per heavy atom. The van der Waals surface area contributed by atoms with Gasteiger partial charge in [-0.1, -0.05) is 23.8 Å². The highest BCUT2D eigenvalue weighted by molar-refractivity contribution is 7.89. The highest BCUT2D eigenvalue weighted by Gasteiger charge is 2.38. The second-order valence-corrected chi connectivity index (χ2v) is 9.50. The Balaban J connectivity index is 1.80. The molecule has 0 radical (unpaired) electrons. The van der Waals surface area contributed by atoms with E-state index in [0.717, 1.165) is 22.4 Å². The van der Waals surface area contributed by atoms with Gasteiger partial charge in [-0.3, -0.25) is 0 Å². The number of hydrogen-bond donors (Lipinski definition) is 0. The van der Waals surface area contributed by atoms with Gasteiger partial charge in [0.2, 0.25) is 0 Å². The zero-order valence-corrected chi connectivity index (χ0v) is 19.8. The lowest BCUT2D eigenvalue weighted by Gasteiger charge is -2.24. The van der Waals surface area contributed by atoms with Crippen LogP contribution in [0.5, 0.6) is 17.2 Å². The summed E-state index contributed by atoms with van der Waals surface area (Å²) in [5.74, 6) is 1.82. The van der Waals surface area contributed by atoms with E-state index in [2.05, 4.69) is 5.10 Å². The number of rotatable bonds is 7. The van der Waals surface area contributed by atoms with Gasteiger partial charge in [-0.2, -0.15) is 17.9 Å². The van der Waals surface area contributed by atoms with E-state index in [9.17, 15) is 8.42 Å². The molecule has 172 valence electrons. The number of ether oxygens (including phenoxy) is 3. The molecule has 0 amide bonds. The third kappa shape index (κ3) is 4.39. The molecule has 0 N–H and O–H groups in total. The maximum absolute atomic E-state index is 13.6. The maximum atomic E-state index is 13.6. The van der Waals surface area contributed by atoms with Crippen LogP contribution in [-0.4, -0.2) is 39.9 Å².